The Labute approximate surface area is 76.0 Å². The summed E-state index contributed by atoms with van der Waals surface area (Å²) in [6, 6.07) is 9.34. The number of anilines is 1. The van der Waals surface area contributed by atoms with E-state index in [1.807, 2.05) is 30.3 Å². The van der Waals surface area contributed by atoms with E-state index in [4.69, 9.17) is 0 Å². The zero-order valence-corrected chi connectivity index (χ0v) is 6.97. The zero-order valence-electron chi connectivity index (χ0n) is 6.97. The smallest absolute Gasteiger partial charge is 0.266 e. The molecule has 3 nitrogen and oxygen atoms in total. The minimum absolute atomic E-state index is 0.161. The molecule has 1 aromatic carbocycles. The summed E-state index contributed by atoms with van der Waals surface area (Å²) >= 11 is 0. The van der Waals surface area contributed by atoms with Crippen LogP contribution in [-0.2, 0) is 4.79 Å². The first kappa shape index (κ1) is 7.73. The summed E-state index contributed by atoms with van der Waals surface area (Å²) in [7, 11) is 0. The van der Waals surface area contributed by atoms with Crippen molar-refractivity contribution in [1.82, 2.24) is 0 Å². The van der Waals surface area contributed by atoms with Gasteiger partial charge in [-0.25, -0.2) is 4.99 Å². The highest BCUT2D eigenvalue weighted by Gasteiger charge is 2.21. The second-order valence-electron chi connectivity index (χ2n) is 2.70. The van der Waals surface area contributed by atoms with E-state index in [0.29, 0.717) is 0 Å². The van der Waals surface area contributed by atoms with Crippen LogP contribution in [0.1, 0.15) is 0 Å². The van der Waals surface area contributed by atoms with Crippen LogP contribution in [0.25, 0.3) is 0 Å². The van der Waals surface area contributed by atoms with Gasteiger partial charge in [0, 0.05) is 0 Å². The normalized spacial score (nSPS) is 15.5. The van der Waals surface area contributed by atoms with Gasteiger partial charge in [-0.1, -0.05) is 24.8 Å². The maximum absolute atomic E-state index is 11.4. The fourth-order valence-corrected chi connectivity index (χ4v) is 1.15. The Bertz CT molecular complexity index is 381. The van der Waals surface area contributed by atoms with Crippen LogP contribution in [0.3, 0.4) is 0 Å². The number of para-hydroxylation sites is 1. The van der Waals surface area contributed by atoms with Gasteiger partial charge in [0.15, 0.2) is 0 Å². The molecule has 0 bridgehead atoms. The zero-order chi connectivity index (χ0) is 9.26. The number of benzene rings is 1. The van der Waals surface area contributed by atoms with Crippen molar-refractivity contribution in [3.63, 3.8) is 0 Å². The van der Waals surface area contributed by atoms with Gasteiger partial charge in [-0.05, 0) is 12.1 Å². The Kier molecular flexibility index (Phi) is 1.70. The Morgan fingerprint density at radius 2 is 1.92 bits per heavy atom. The van der Waals surface area contributed by atoms with Crippen LogP contribution < -0.4 is 4.90 Å². The quantitative estimate of drug-likeness (QED) is 0.592. The number of nitrogens with zero attached hydrogens (tertiary/aromatic N) is 2. The predicted molar refractivity (Wildman–Crippen MR) is 51.6 cm³/mol. The Hall–Kier alpha value is -1.90. The second-order valence-corrected chi connectivity index (χ2v) is 2.70. The molecule has 64 valence electrons. The number of aliphatic imine (C=N–C) groups is 1. The van der Waals surface area contributed by atoms with Crippen LogP contribution in [0.4, 0.5) is 5.69 Å². The number of carbonyl (C=O) groups excluding carboxylic acids is 1. The van der Waals surface area contributed by atoms with Gasteiger partial charge >= 0.3 is 0 Å². The molecule has 1 amide bonds. The number of amides is 1. The third kappa shape index (κ3) is 1.24. The summed E-state index contributed by atoms with van der Waals surface area (Å²) in [5, 5.41) is 0. The van der Waals surface area contributed by atoms with Gasteiger partial charge in [0.2, 0.25) is 0 Å². The van der Waals surface area contributed by atoms with Crippen LogP contribution in [-0.4, -0.2) is 12.2 Å². The van der Waals surface area contributed by atoms with Crippen LogP contribution in [0, 0.1) is 0 Å². The van der Waals surface area contributed by atoms with Gasteiger partial charge in [-0.15, -0.1) is 0 Å². The fraction of sp³-hybridized carbons (Fsp3) is 0. The standard InChI is InChI=1S/C10H8N2O/c1-8-10(13)12(7-11-8)9-5-3-2-4-6-9/h2-7H,1H2. The van der Waals surface area contributed by atoms with E-state index >= 15 is 0 Å². The van der Waals surface area contributed by atoms with Crippen molar-refractivity contribution in [3.05, 3.63) is 42.6 Å². The van der Waals surface area contributed by atoms with Crippen LogP contribution >= 0.6 is 0 Å². The number of rotatable bonds is 1. The van der Waals surface area contributed by atoms with Crippen molar-refractivity contribution in [3.8, 4) is 0 Å². The van der Waals surface area contributed by atoms with Crippen molar-refractivity contribution in [2.24, 2.45) is 4.99 Å². The van der Waals surface area contributed by atoms with E-state index in [9.17, 15) is 4.79 Å². The van der Waals surface area contributed by atoms with Crippen LogP contribution in [0.15, 0.2) is 47.6 Å². The molecule has 13 heavy (non-hydrogen) atoms. The first-order chi connectivity index (χ1) is 6.29. The van der Waals surface area contributed by atoms with Crippen molar-refractivity contribution in [1.29, 1.82) is 0 Å². The second kappa shape index (κ2) is 2.86. The topological polar surface area (TPSA) is 32.7 Å². The van der Waals surface area contributed by atoms with Crippen molar-refractivity contribution in [2.45, 2.75) is 0 Å². The molecular formula is C10H8N2O. The number of carbonyl (C=O) groups is 1. The molecule has 0 saturated heterocycles. The lowest BCUT2D eigenvalue weighted by molar-refractivity contribution is -0.113. The molecule has 3 heteroatoms. The molecule has 0 aliphatic carbocycles. The average molecular weight is 172 g/mol. The largest absolute Gasteiger partial charge is 0.281 e. The fourth-order valence-electron chi connectivity index (χ4n) is 1.15. The maximum atomic E-state index is 11.4. The molecule has 0 fully saturated rings. The lowest BCUT2D eigenvalue weighted by Gasteiger charge is -2.10. The molecule has 0 N–H and O–H groups in total. The molecule has 0 atom stereocenters. The van der Waals surface area contributed by atoms with E-state index in [0.717, 1.165) is 5.69 Å². The molecular weight excluding hydrogens is 164 g/mol. The summed E-state index contributed by atoms with van der Waals surface area (Å²) in [4.78, 5) is 16.7. The molecule has 0 saturated carbocycles. The van der Waals surface area contributed by atoms with Gasteiger partial charge in [0.1, 0.15) is 12.0 Å². The van der Waals surface area contributed by atoms with Crippen molar-refractivity contribution >= 4 is 17.9 Å². The van der Waals surface area contributed by atoms with Crippen LogP contribution in [0.5, 0.6) is 0 Å². The molecule has 1 aliphatic heterocycles. The molecule has 1 aliphatic rings. The number of hydrogen-bond acceptors (Lipinski definition) is 2. The van der Waals surface area contributed by atoms with E-state index < -0.39 is 0 Å². The van der Waals surface area contributed by atoms with Crippen molar-refractivity contribution < 1.29 is 4.79 Å². The predicted octanol–water partition coefficient (Wildman–Crippen LogP) is 1.58. The molecule has 0 unspecified atom stereocenters. The maximum Gasteiger partial charge on any atom is 0.281 e. The van der Waals surface area contributed by atoms with E-state index in [2.05, 4.69) is 11.6 Å². The van der Waals surface area contributed by atoms with E-state index in [-0.39, 0.29) is 11.6 Å². The highest BCUT2D eigenvalue weighted by atomic mass is 16.2. The molecule has 1 heterocycles. The summed E-state index contributed by atoms with van der Waals surface area (Å²) in [5.74, 6) is -0.161. The average Bonchev–Trinajstić information content (AvgIpc) is 2.49. The van der Waals surface area contributed by atoms with Gasteiger partial charge < -0.3 is 0 Å². The third-order valence-corrected chi connectivity index (χ3v) is 1.83. The summed E-state index contributed by atoms with van der Waals surface area (Å²) in [5.41, 5.74) is 1.10. The Morgan fingerprint density at radius 1 is 1.23 bits per heavy atom. The number of hydrogen-bond donors (Lipinski definition) is 0. The van der Waals surface area contributed by atoms with Gasteiger partial charge in [0.05, 0.1) is 5.69 Å². The van der Waals surface area contributed by atoms with Gasteiger partial charge in [0.25, 0.3) is 5.91 Å². The molecule has 2 rings (SSSR count). The monoisotopic (exact) mass is 172 g/mol. The molecule has 0 spiro atoms. The van der Waals surface area contributed by atoms with Crippen molar-refractivity contribution in [2.75, 3.05) is 4.90 Å². The van der Waals surface area contributed by atoms with E-state index in [1.165, 1.54) is 11.2 Å². The molecule has 1 aromatic rings. The summed E-state index contributed by atoms with van der Waals surface area (Å²) in [6.07, 6.45) is 1.49. The van der Waals surface area contributed by atoms with Gasteiger partial charge in [-0.3, -0.25) is 9.69 Å². The minimum atomic E-state index is -0.161. The third-order valence-electron chi connectivity index (χ3n) is 1.83. The SMILES string of the molecule is C=C1N=CN(c2ccccc2)C1=O. The van der Waals surface area contributed by atoms with E-state index in [1.54, 1.807) is 0 Å². The first-order valence-corrected chi connectivity index (χ1v) is 3.91. The Balaban J connectivity index is 2.35. The lowest BCUT2D eigenvalue weighted by atomic mass is 10.3. The van der Waals surface area contributed by atoms with Crippen LogP contribution in [0.2, 0.25) is 0 Å². The molecule has 0 radical (unpaired) electrons. The Morgan fingerprint density at radius 3 is 2.46 bits per heavy atom. The summed E-state index contributed by atoms with van der Waals surface area (Å²) < 4.78 is 0. The lowest BCUT2D eigenvalue weighted by Crippen LogP contribution is -2.24. The first-order valence-electron chi connectivity index (χ1n) is 3.91. The molecule has 0 aromatic heterocycles. The summed E-state index contributed by atoms with van der Waals surface area (Å²) in [6.45, 7) is 3.52. The highest BCUT2D eigenvalue weighted by molar-refractivity contribution is 6.20. The minimum Gasteiger partial charge on any atom is -0.266 e. The van der Waals surface area contributed by atoms with Gasteiger partial charge in [-0.2, -0.15) is 0 Å². The highest BCUT2D eigenvalue weighted by Crippen LogP contribution is 2.17.